The van der Waals surface area contributed by atoms with Crippen molar-refractivity contribution in [3.8, 4) is 0 Å². The van der Waals surface area contributed by atoms with E-state index in [1.165, 1.54) is 0 Å². The van der Waals surface area contributed by atoms with E-state index in [-0.39, 0.29) is 0 Å². The van der Waals surface area contributed by atoms with Crippen LogP contribution in [0.3, 0.4) is 0 Å². The van der Waals surface area contributed by atoms with Gasteiger partial charge in [-0.2, -0.15) is 4.98 Å². The molecule has 0 aliphatic carbocycles. The number of nitrogens with zero attached hydrogens (tertiary/aromatic N) is 5. The minimum absolute atomic E-state index is 0.621. The summed E-state index contributed by atoms with van der Waals surface area (Å²) >= 11 is 0. The molecular formula is C11H12N6. The first-order chi connectivity index (χ1) is 8.20. The molecule has 0 aromatic carbocycles. The van der Waals surface area contributed by atoms with Crippen LogP contribution in [0.2, 0.25) is 0 Å². The van der Waals surface area contributed by atoms with Gasteiger partial charge in [-0.1, -0.05) is 0 Å². The van der Waals surface area contributed by atoms with Crippen LogP contribution in [0, 0.1) is 13.8 Å². The van der Waals surface area contributed by atoms with Crippen molar-refractivity contribution in [2.75, 3.05) is 12.4 Å². The van der Waals surface area contributed by atoms with Gasteiger partial charge >= 0.3 is 0 Å². The largest absolute Gasteiger partial charge is 0.358 e. The zero-order valence-electron chi connectivity index (χ0n) is 9.89. The van der Waals surface area contributed by atoms with Crippen LogP contribution >= 0.6 is 0 Å². The van der Waals surface area contributed by atoms with Gasteiger partial charge in [0.2, 0.25) is 5.95 Å². The van der Waals surface area contributed by atoms with Crippen LogP contribution in [0.1, 0.15) is 11.4 Å². The van der Waals surface area contributed by atoms with E-state index in [9.17, 15) is 0 Å². The molecule has 0 unspecified atom stereocenters. The fraction of sp³-hybridized carbons (Fsp3) is 0.273. The molecule has 6 heteroatoms. The molecule has 86 valence electrons. The molecule has 0 bridgehead atoms. The van der Waals surface area contributed by atoms with Gasteiger partial charge in [-0.05, 0) is 13.8 Å². The van der Waals surface area contributed by atoms with E-state index in [1.807, 2.05) is 31.5 Å². The van der Waals surface area contributed by atoms with Crippen molar-refractivity contribution < 1.29 is 0 Å². The highest BCUT2D eigenvalue weighted by Gasteiger charge is 2.11. The van der Waals surface area contributed by atoms with Crippen LogP contribution in [0.15, 0.2) is 12.4 Å². The molecule has 0 aliphatic heterocycles. The Labute approximate surface area is 97.8 Å². The summed E-state index contributed by atoms with van der Waals surface area (Å²) in [6.45, 7) is 3.87. The van der Waals surface area contributed by atoms with Crippen molar-refractivity contribution in [1.82, 2.24) is 24.3 Å². The summed E-state index contributed by atoms with van der Waals surface area (Å²) in [5.74, 6) is 0.711. The molecule has 1 N–H and O–H groups in total. The maximum Gasteiger partial charge on any atom is 0.210 e. The number of fused-ring (bicyclic) bond motifs is 3. The fourth-order valence-corrected chi connectivity index (χ4v) is 1.80. The third kappa shape index (κ3) is 1.33. The van der Waals surface area contributed by atoms with E-state index in [2.05, 4.69) is 25.3 Å². The van der Waals surface area contributed by atoms with Gasteiger partial charge in [-0.3, -0.25) is 4.40 Å². The number of anilines is 1. The van der Waals surface area contributed by atoms with Gasteiger partial charge < -0.3 is 5.32 Å². The number of aryl methyl sites for hydroxylation is 2. The quantitative estimate of drug-likeness (QED) is 0.680. The second kappa shape index (κ2) is 3.38. The Morgan fingerprint density at radius 2 is 1.88 bits per heavy atom. The van der Waals surface area contributed by atoms with Crippen molar-refractivity contribution in [2.24, 2.45) is 0 Å². The maximum atomic E-state index is 4.51. The number of imidazole rings is 1. The average Bonchev–Trinajstić information content (AvgIpc) is 2.79. The predicted molar refractivity (Wildman–Crippen MR) is 65.1 cm³/mol. The SMILES string of the molecule is CNc1nc2nc(C)c(C)nc2c2nccn12. The molecule has 0 saturated carbocycles. The fourth-order valence-electron chi connectivity index (χ4n) is 1.80. The van der Waals surface area contributed by atoms with Gasteiger partial charge in [-0.15, -0.1) is 0 Å². The lowest BCUT2D eigenvalue weighted by Gasteiger charge is -2.07. The minimum Gasteiger partial charge on any atom is -0.358 e. The Bertz CT molecular complexity index is 715. The number of rotatable bonds is 1. The molecule has 0 atom stereocenters. The number of hydrogen-bond acceptors (Lipinski definition) is 5. The molecule has 0 radical (unpaired) electrons. The number of hydrogen-bond donors (Lipinski definition) is 1. The maximum absolute atomic E-state index is 4.51. The van der Waals surface area contributed by atoms with Crippen LogP contribution in [0.25, 0.3) is 16.8 Å². The zero-order valence-corrected chi connectivity index (χ0v) is 9.89. The van der Waals surface area contributed by atoms with Gasteiger partial charge in [0.15, 0.2) is 16.8 Å². The molecule has 3 heterocycles. The normalized spacial score (nSPS) is 11.2. The first-order valence-corrected chi connectivity index (χ1v) is 5.36. The third-order valence-electron chi connectivity index (χ3n) is 2.80. The monoisotopic (exact) mass is 228 g/mol. The van der Waals surface area contributed by atoms with Gasteiger partial charge in [0.25, 0.3) is 0 Å². The Hall–Kier alpha value is -2.24. The molecule has 0 saturated heterocycles. The molecule has 3 aromatic rings. The van der Waals surface area contributed by atoms with Gasteiger partial charge in [0.05, 0.1) is 11.4 Å². The van der Waals surface area contributed by atoms with Gasteiger partial charge in [-0.25, -0.2) is 15.0 Å². The summed E-state index contributed by atoms with van der Waals surface area (Å²) < 4.78 is 1.87. The third-order valence-corrected chi connectivity index (χ3v) is 2.80. The Balaban J connectivity index is 2.53. The zero-order chi connectivity index (χ0) is 12.0. The summed E-state index contributed by atoms with van der Waals surface area (Å²) in [6.07, 6.45) is 3.58. The highest BCUT2D eigenvalue weighted by Crippen LogP contribution is 2.18. The lowest BCUT2D eigenvalue weighted by atomic mass is 10.3. The van der Waals surface area contributed by atoms with Gasteiger partial charge in [0.1, 0.15) is 0 Å². The van der Waals surface area contributed by atoms with E-state index in [1.54, 1.807) is 6.20 Å². The molecule has 17 heavy (non-hydrogen) atoms. The van der Waals surface area contributed by atoms with E-state index < -0.39 is 0 Å². The standard InChI is InChI=1S/C11H12N6/c1-6-7(2)15-9-8(14-6)10-13-4-5-17(10)11(12-3)16-9/h4-5H,1-3H3,(H,12,15,16). The van der Waals surface area contributed by atoms with Crippen molar-refractivity contribution in [2.45, 2.75) is 13.8 Å². The lowest BCUT2D eigenvalue weighted by molar-refractivity contribution is 1.04. The summed E-state index contributed by atoms with van der Waals surface area (Å²) in [4.78, 5) is 17.7. The van der Waals surface area contributed by atoms with Crippen molar-refractivity contribution in [3.63, 3.8) is 0 Å². The number of aromatic nitrogens is 5. The average molecular weight is 228 g/mol. The molecular weight excluding hydrogens is 216 g/mol. The van der Waals surface area contributed by atoms with Crippen LogP contribution in [-0.4, -0.2) is 31.4 Å². The molecule has 3 aromatic heterocycles. The minimum atomic E-state index is 0.621. The van der Waals surface area contributed by atoms with E-state index in [0.717, 1.165) is 22.6 Å². The molecule has 0 amide bonds. The van der Waals surface area contributed by atoms with Crippen molar-refractivity contribution in [3.05, 3.63) is 23.8 Å². The van der Waals surface area contributed by atoms with Crippen LogP contribution in [0.4, 0.5) is 5.95 Å². The van der Waals surface area contributed by atoms with E-state index in [4.69, 9.17) is 0 Å². The molecule has 0 spiro atoms. The van der Waals surface area contributed by atoms with Crippen LogP contribution in [-0.2, 0) is 0 Å². The predicted octanol–water partition coefficient (Wildman–Crippen LogP) is 1.33. The Kier molecular flexibility index (Phi) is 1.98. The molecule has 0 fully saturated rings. The summed E-state index contributed by atoms with van der Waals surface area (Å²) in [5, 5.41) is 3.03. The topological polar surface area (TPSA) is 68.0 Å². The van der Waals surface area contributed by atoms with Crippen molar-refractivity contribution in [1.29, 1.82) is 0 Å². The lowest BCUT2D eigenvalue weighted by Crippen LogP contribution is -2.05. The van der Waals surface area contributed by atoms with Crippen molar-refractivity contribution >= 4 is 22.8 Å². The van der Waals surface area contributed by atoms with Gasteiger partial charge in [0, 0.05) is 19.4 Å². The highest BCUT2D eigenvalue weighted by molar-refractivity contribution is 5.86. The van der Waals surface area contributed by atoms with E-state index in [0.29, 0.717) is 11.6 Å². The first-order valence-electron chi connectivity index (χ1n) is 5.36. The van der Waals surface area contributed by atoms with Crippen LogP contribution in [0.5, 0.6) is 0 Å². The summed E-state index contributed by atoms with van der Waals surface area (Å²) in [5.41, 5.74) is 3.92. The highest BCUT2D eigenvalue weighted by atomic mass is 15.2. The smallest absolute Gasteiger partial charge is 0.210 e. The Morgan fingerprint density at radius 1 is 1.12 bits per heavy atom. The molecule has 3 rings (SSSR count). The second-order valence-electron chi connectivity index (χ2n) is 3.87. The summed E-state index contributed by atoms with van der Waals surface area (Å²) in [6, 6.07) is 0. The first kappa shape index (κ1) is 9.95. The molecule has 0 aliphatic rings. The second-order valence-corrected chi connectivity index (χ2v) is 3.87. The Morgan fingerprint density at radius 3 is 2.65 bits per heavy atom. The number of nitrogens with one attached hydrogen (secondary N) is 1. The summed E-state index contributed by atoms with van der Waals surface area (Å²) in [7, 11) is 1.82. The van der Waals surface area contributed by atoms with E-state index >= 15 is 0 Å². The molecule has 6 nitrogen and oxygen atoms in total. The van der Waals surface area contributed by atoms with Crippen LogP contribution < -0.4 is 5.32 Å².